The summed E-state index contributed by atoms with van der Waals surface area (Å²) in [4.78, 5) is 10.3. The Hall–Kier alpha value is -1.67. The quantitative estimate of drug-likeness (QED) is 0.850. The molecule has 0 aliphatic carbocycles. The molecule has 0 bridgehead atoms. The van der Waals surface area contributed by atoms with Gasteiger partial charge in [0.2, 0.25) is 0 Å². The van der Waals surface area contributed by atoms with Crippen LogP contribution in [0, 0.1) is 11.3 Å². The molecule has 6 heteroatoms. The van der Waals surface area contributed by atoms with E-state index in [2.05, 4.69) is 0 Å². The van der Waals surface area contributed by atoms with Crippen LogP contribution in [0.15, 0.2) is 18.2 Å². The van der Waals surface area contributed by atoms with E-state index in [0.717, 1.165) is 12.1 Å². The third kappa shape index (κ3) is 1.90. The fourth-order valence-corrected chi connectivity index (χ4v) is 1.23. The number of carboxylic acid groups (broad SMARTS) is 1. The van der Waals surface area contributed by atoms with Gasteiger partial charge in [-0.3, -0.25) is 0 Å². The molecule has 1 N–H and O–H groups in total. The van der Waals surface area contributed by atoms with Crippen molar-refractivity contribution in [3.8, 4) is 6.07 Å². The van der Waals surface area contributed by atoms with Crippen LogP contribution < -0.4 is 0 Å². The van der Waals surface area contributed by atoms with Crippen LogP contribution in [0.1, 0.15) is 11.1 Å². The minimum absolute atomic E-state index is 0.198. The smallest absolute Gasteiger partial charge is 0.379 e. The van der Waals surface area contributed by atoms with Gasteiger partial charge in [0.25, 0.3) is 0 Å². The highest BCUT2D eigenvalue weighted by atomic mass is 35.5. The average molecular weight is 232 g/mol. The Morgan fingerprint density at radius 1 is 1.53 bits per heavy atom. The molecule has 1 aromatic carbocycles. The number of carboxylic acids is 1. The molecule has 0 saturated carbocycles. The van der Waals surface area contributed by atoms with Gasteiger partial charge in [0.15, 0.2) is 0 Å². The van der Waals surface area contributed by atoms with E-state index in [1.54, 1.807) is 0 Å². The van der Waals surface area contributed by atoms with E-state index in [1.165, 1.54) is 12.1 Å². The highest BCUT2D eigenvalue weighted by Gasteiger charge is 2.43. The zero-order valence-electron chi connectivity index (χ0n) is 7.17. The molecule has 1 rings (SSSR count). The number of nitrogens with zero attached hydrogens (tertiary/aromatic N) is 1. The first-order valence-electron chi connectivity index (χ1n) is 3.71. The second-order valence-electron chi connectivity index (χ2n) is 2.65. The molecule has 0 aromatic heterocycles. The lowest BCUT2D eigenvalue weighted by Crippen LogP contribution is -2.26. The van der Waals surface area contributed by atoms with Crippen molar-refractivity contribution in [3.05, 3.63) is 34.3 Å². The first kappa shape index (κ1) is 11.4. The van der Waals surface area contributed by atoms with E-state index < -0.39 is 23.0 Å². The number of carbonyl (C=O) groups is 1. The second kappa shape index (κ2) is 3.83. The Balaban J connectivity index is 3.46. The topological polar surface area (TPSA) is 61.1 Å². The van der Waals surface area contributed by atoms with Gasteiger partial charge in [0.1, 0.15) is 6.07 Å². The van der Waals surface area contributed by atoms with Gasteiger partial charge >= 0.3 is 11.9 Å². The summed E-state index contributed by atoms with van der Waals surface area (Å²) < 4.78 is 26.2. The summed E-state index contributed by atoms with van der Waals surface area (Å²) in [6.45, 7) is 0. The van der Waals surface area contributed by atoms with Gasteiger partial charge in [-0.25, -0.2) is 4.79 Å². The minimum Gasteiger partial charge on any atom is -0.477 e. The SMILES string of the molecule is N#Cc1c(Cl)cccc1C(F)(F)C(=O)O. The van der Waals surface area contributed by atoms with Crippen LogP contribution in [0.4, 0.5) is 8.78 Å². The van der Waals surface area contributed by atoms with Gasteiger partial charge in [0.05, 0.1) is 16.1 Å². The number of hydrogen-bond donors (Lipinski definition) is 1. The van der Waals surface area contributed by atoms with Gasteiger partial charge in [-0.05, 0) is 6.07 Å². The monoisotopic (exact) mass is 231 g/mol. The van der Waals surface area contributed by atoms with E-state index in [9.17, 15) is 13.6 Å². The van der Waals surface area contributed by atoms with Gasteiger partial charge in [-0.2, -0.15) is 14.0 Å². The number of benzene rings is 1. The van der Waals surface area contributed by atoms with Crippen molar-refractivity contribution >= 4 is 17.6 Å². The second-order valence-corrected chi connectivity index (χ2v) is 3.06. The van der Waals surface area contributed by atoms with Crippen LogP contribution in [-0.4, -0.2) is 11.1 Å². The minimum atomic E-state index is -4.12. The Bertz CT molecular complexity index is 454. The molecular formula is C9H4ClF2NO2. The van der Waals surface area contributed by atoms with E-state index in [1.807, 2.05) is 0 Å². The summed E-state index contributed by atoms with van der Waals surface area (Å²) >= 11 is 5.49. The Morgan fingerprint density at radius 2 is 2.13 bits per heavy atom. The largest absolute Gasteiger partial charge is 0.477 e. The van der Waals surface area contributed by atoms with Crippen LogP contribution >= 0.6 is 11.6 Å². The van der Waals surface area contributed by atoms with E-state index in [4.69, 9.17) is 22.0 Å². The normalized spacial score (nSPS) is 10.8. The summed E-state index contributed by atoms with van der Waals surface area (Å²) in [5.74, 6) is -6.43. The first-order valence-corrected chi connectivity index (χ1v) is 4.09. The predicted molar refractivity (Wildman–Crippen MR) is 47.7 cm³/mol. The zero-order valence-corrected chi connectivity index (χ0v) is 7.92. The number of nitriles is 1. The lowest BCUT2D eigenvalue weighted by molar-refractivity contribution is -0.166. The lowest BCUT2D eigenvalue weighted by Gasteiger charge is -2.13. The van der Waals surface area contributed by atoms with Crippen molar-refractivity contribution in [2.45, 2.75) is 5.92 Å². The summed E-state index contributed by atoms with van der Waals surface area (Å²) in [5.41, 5.74) is -1.42. The molecule has 78 valence electrons. The molecule has 0 fully saturated rings. The van der Waals surface area contributed by atoms with Crippen molar-refractivity contribution in [1.29, 1.82) is 5.26 Å². The third-order valence-electron chi connectivity index (χ3n) is 1.73. The van der Waals surface area contributed by atoms with Crippen molar-refractivity contribution in [3.63, 3.8) is 0 Å². The van der Waals surface area contributed by atoms with Gasteiger partial charge in [-0.15, -0.1) is 0 Å². The number of halogens is 3. The van der Waals surface area contributed by atoms with Crippen molar-refractivity contribution in [2.24, 2.45) is 0 Å². The summed E-state index contributed by atoms with van der Waals surface area (Å²) in [5, 5.41) is 16.7. The molecule has 0 aliphatic heterocycles. The van der Waals surface area contributed by atoms with Crippen molar-refractivity contribution in [1.82, 2.24) is 0 Å². The number of aliphatic carboxylic acids is 1. The number of alkyl halides is 2. The molecule has 0 unspecified atom stereocenters. The van der Waals surface area contributed by atoms with Crippen LogP contribution in [0.2, 0.25) is 5.02 Å². The molecule has 0 heterocycles. The average Bonchev–Trinajstić information content (AvgIpc) is 2.17. The van der Waals surface area contributed by atoms with Crippen LogP contribution in [0.5, 0.6) is 0 Å². The maximum Gasteiger partial charge on any atom is 0.379 e. The summed E-state index contributed by atoms with van der Waals surface area (Å²) in [6.07, 6.45) is 0. The third-order valence-corrected chi connectivity index (χ3v) is 2.05. The fraction of sp³-hybridized carbons (Fsp3) is 0.111. The molecule has 0 saturated heterocycles. The molecule has 3 nitrogen and oxygen atoms in total. The zero-order chi connectivity index (χ0) is 11.6. The number of hydrogen-bond acceptors (Lipinski definition) is 2. The van der Waals surface area contributed by atoms with Crippen molar-refractivity contribution in [2.75, 3.05) is 0 Å². The maximum atomic E-state index is 13.1. The van der Waals surface area contributed by atoms with E-state index in [-0.39, 0.29) is 5.02 Å². The standard InChI is InChI=1S/C9H4ClF2NO2/c10-7-3-1-2-6(5(7)4-13)9(11,12)8(14)15/h1-3H,(H,14,15). The van der Waals surface area contributed by atoms with E-state index >= 15 is 0 Å². The molecule has 15 heavy (non-hydrogen) atoms. The Kier molecular flexibility index (Phi) is 2.91. The lowest BCUT2D eigenvalue weighted by atomic mass is 10.0. The Morgan fingerprint density at radius 3 is 2.60 bits per heavy atom. The highest BCUT2D eigenvalue weighted by molar-refractivity contribution is 6.31. The molecular weight excluding hydrogens is 228 g/mol. The van der Waals surface area contributed by atoms with Crippen LogP contribution in [-0.2, 0) is 10.7 Å². The predicted octanol–water partition coefficient (Wildman–Crippen LogP) is 2.39. The summed E-state index contributed by atoms with van der Waals surface area (Å²) in [7, 11) is 0. The molecule has 0 radical (unpaired) electrons. The Labute approximate surface area is 88.5 Å². The molecule has 0 amide bonds. The molecule has 0 atom stereocenters. The van der Waals surface area contributed by atoms with Gasteiger partial charge in [-0.1, -0.05) is 23.7 Å². The molecule has 1 aromatic rings. The van der Waals surface area contributed by atoms with Crippen LogP contribution in [0.25, 0.3) is 0 Å². The van der Waals surface area contributed by atoms with Gasteiger partial charge < -0.3 is 5.11 Å². The molecule has 0 spiro atoms. The first-order chi connectivity index (χ1) is 6.91. The highest BCUT2D eigenvalue weighted by Crippen LogP contribution is 2.33. The van der Waals surface area contributed by atoms with E-state index in [0.29, 0.717) is 0 Å². The maximum absolute atomic E-state index is 13.1. The van der Waals surface area contributed by atoms with Crippen LogP contribution in [0.3, 0.4) is 0 Å². The fourth-order valence-electron chi connectivity index (χ4n) is 1.01. The van der Waals surface area contributed by atoms with Crippen molar-refractivity contribution < 1.29 is 18.7 Å². The summed E-state index contributed by atoms with van der Waals surface area (Å²) in [6, 6.07) is 4.71. The van der Waals surface area contributed by atoms with Gasteiger partial charge in [0, 0.05) is 0 Å². The number of rotatable bonds is 2. The molecule has 0 aliphatic rings.